The van der Waals surface area contributed by atoms with E-state index in [1.54, 1.807) is 23.1 Å². The molecule has 0 aromatic heterocycles. The Morgan fingerprint density at radius 1 is 1.15 bits per heavy atom. The molecule has 0 atom stereocenters. The van der Waals surface area contributed by atoms with E-state index in [2.05, 4.69) is 16.6 Å². The number of urea groups is 1. The number of rotatable bonds is 6. The maximum Gasteiger partial charge on any atom is 0.325 e. The van der Waals surface area contributed by atoms with Crippen LogP contribution in [0.25, 0.3) is 0 Å². The maximum atomic E-state index is 13.0. The number of halogens is 1. The number of anilines is 1. The number of aryl methyl sites for hydroxylation is 2. The van der Waals surface area contributed by atoms with Crippen molar-refractivity contribution in [2.45, 2.75) is 20.4 Å². The summed E-state index contributed by atoms with van der Waals surface area (Å²) in [5, 5.41) is 4.95. The van der Waals surface area contributed by atoms with Crippen LogP contribution in [0.5, 0.6) is 0 Å². The monoisotopic (exact) mass is 367 g/mol. The lowest BCUT2D eigenvalue weighted by atomic mass is 10.1. The molecule has 0 spiro atoms. The van der Waals surface area contributed by atoms with Gasteiger partial charge in [0.25, 0.3) is 0 Å². The molecule has 2 rings (SSSR count). The Labute approximate surface area is 158 Å². The molecule has 0 unspecified atom stereocenters. The zero-order valence-electron chi connectivity index (χ0n) is 15.4. The van der Waals surface area contributed by atoms with E-state index in [9.17, 15) is 14.0 Å². The quantitative estimate of drug-likeness (QED) is 0.771. The summed E-state index contributed by atoms with van der Waals surface area (Å²) in [7, 11) is 0. The van der Waals surface area contributed by atoms with Gasteiger partial charge in [0.1, 0.15) is 5.82 Å². The summed E-state index contributed by atoms with van der Waals surface area (Å²) in [5.74, 6) is 1.67. The minimum Gasteiger partial charge on any atom is -0.307 e. The summed E-state index contributed by atoms with van der Waals surface area (Å²) in [6.07, 6.45) is 5.35. The van der Waals surface area contributed by atoms with E-state index in [0.717, 1.165) is 16.7 Å². The summed E-state index contributed by atoms with van der Waals surface area (Å²) in [5.41, 5.74) is 3.44. The lowest BCUT2D eigenvalue weighted by Gasteiger charge is -2.19. The van der Waals surface area contributed by atoms with Gasteiger partial charge < -0.3 is 5.32 Å². The number of hydrogen-bond acceptors (Lipinski definition) is 3. The molecule has 0 aliphatic heterocycles. The topological polar surface area (TPSA) is 61.4 Å². The largest absolute Gasteiger partial charge is 0.325 e. The molecule has 0 radical (unpaired) electrons. The van der Waals surface area contributed by atoms with Crippen molar-refractivity contribution in [3.8, 4) is 12.3 Å². The molecular formula is C21H22FN3O2. The van der Waals surface area contributed by atoms with Gasteiger partial charge in [-0.05, 0) is 43.2 Å². The van der Waals surface area contributed by atoms with Crippen LogP contribution in [0.15, 0.2) is 42.5 Å². The van der Waals surface area contributed by atoms with E-state index < -0.39 is 11.9 Å². The Balaban J connectivity index is 1.91. The highest BCUT2D eigenvalue weighted by Crippen LogP contribution is 2.15. The fourth-order valence-corrected chi connectivity index (χ4v) is 2.62. The Morgan fingerprint density at radius 3 is 2.48 bits per heavy atom. The third-order valence-electron chi connectivity index (χ3n) is 3.88. The average molecular weight is 367 g/mol. The molecule has 27 heavy (non-hydrogen) atoms. The number of carbonyl (C=O) groups is 2. The Morgan fingerprint density at radius 2 is 1.85 bits per heavy atom. The second kappa shape index (κ2) is 9.51. The van der Waals surface area contributed by atoms with Crippen molar-refractivity contribution in [1.82, 2.24) is 10.2 Å². The molecule has 0 aliphatic rings. The molecule has 6 heteroatoms. The van der Waals surface area contributed by atoms with Crippen molar-refractivity contribution in [1.29, 1.82) is 0 Å². The zero-order valence-corrected chi connectivity index (χ0v) is 15.4. The predicted molar refractivity (Wildman–Crippen MR) is 104 cm³/mol. The fraction of sp³-hybridized carbons (Fsp3) is 0.238. The Kier molecular flexibility index (Phi) is 7.09. The first-order chi connectivity index (χ1) is 12.9. The van der Waals surface area contributed by atoms with Crippen molar-refractivity contribution in [2.24, 2.45) is 0 Å². The molecule has 0 bridgehead atoms. The van der Waals surface area contributed by atoms with Gasteiger partial charge in [-0.1, -0.05) is 35.7 Å². The SMILES string of the molecule is C#CCN(CC(=O)NC(=O)Nc1ccc(C)cc1C)Cc1ccc(F)cc1. The van der Waals surface area contributed by atoms with Crippen LogP contribution in [0, 0.1) is 32.0 Å². The molecule has 0 fully saturated rings. The molecule has 0 aliphatic carbocycles. The first-order valence-electron chi connectivity index (χ1n) is 8.45. The standard InChI is InChI=1S/C21H22FN3O2/c1-4-11-25(13-17-6-8-18(22)9-7-17)14-20(26)24-21(27)23-19-10-5-15(2)12-16(19)3/h1,5-10,12H,11,13-14H2,2-3H3,(H2,23,24,26,27). The summed E-state index contributed by atoms with van der Waals surface area (Å²) in [6, 6.07) is 11.0. The third kappa shape index (κ3) is 6.57. The predicted octanol–water partition coefficient (Wildman–Crippen LogP) is 3.23. The van der Waals surface area contributed by atoms with Gasteiger partial charge in [-0.25, -0.2) is 9.18 Å². The molecule has 2 aromatic rings. The first-order valence-corrected chi connectivity index (χ1v) is 8.45. The minimum atomic E-state index is -0.602. The smallest absolute Gasteiger partial charge is 0.307 e. The van der Waals surface area contributed by atoms with E-state index in [1.807, 2.05) is 26.0 Å². The number of amides is 3. The minimum absolute atomic E-state index is 0.0537. The molecule has 0 saturated carbocycles. The van der Waals surface area contributed by atoms with Crippen LogP contribution in [0.4, 0.5) is 14.9 Å². The first kappa shape index (κ1) is 20.1. The Hall–Kier alpha value is -3.17. The summed E-state index contributed by atoms with van der Waals surface area (Å²) in [4.78, 5) is 25.9. The number of carbonyl (C=O) groups excluding carboxylic acids is 2. The molecule has 140 valence electrons. The zero-order chi connectivity index (χ0) is 19.8. The molecule has 2 N–H and O–H groups in total. The van der Waals surface area contributed by atoms with Crippen LogP contribution in [0.1, 0.15) is 16.7 Å². The number of nitrogens with zero attached hydrogens (tertiary/aromatic N) is 1. The number of terminal acetylenes is 1. The van der Waals surface area contributed by atoms with E-state index in [1.165, 1.54) is 12.1 Å². The summed E-state index contributed by atoms with van der Waals surface area (Å²) < 4.78 is 13.0. The van der Waals surface area contributed by atoms with Crippen LogP contribution in [0.2, 0.25) is 0 Å². The van der Waals surface area contributed by atoms with Gasteiger partial charge in [0.2, 0.25) is 5.91 Å². The van der Waals surface area contributed by atoms with Crippen molar-refractivity contribution in [3.05, 3.63) is 65.0 Å². The maximum absolute atomic E-state index is 13.0. The van der Waals surface area contributed by atoms with Crippen LogP contribution in [-0.4, -0.2) is 29.9 Å². The molecule has 0 heterocycles. The van der Waals surface area contributed by atoms with E-state index in [0.29, 0.717) is 12.2 Å². The van der Waals surface area contributed by atoms with Crippen LogP contribution in [0.3, 0.4) is 0 Å². The van der Waals surface area contributed by atoms with Gasteiger partial charge in [-0.3, -0.25) is 15.0 Å². The lowest BCUT2D eigenvalue weighted by Crippen LogP contribution is -2.41. The van der Waals surface area contributed by atoms with Crippen LogP contribution in [-0.2, 0) is 11.3 Å². The van der Waals surface area contributed by atoms with Crippen molar-refractivity contribution < 1.29 is 14.0 Å². The number of benzene rings is 2. The highest BCUT2D eigenvalue weighted by molar-refractivity contribution is 6.02. The third-order valence-corrected chi connectivity index (χ3v) is 3.88. The molecule has 3 amide bonds. The van der Waals surface area contributed by atoms with Gasteiger partial charge in [0.05, 0.1) is 13.1 Å². The van der Waals surface area contributed by atoms with Gasteiger partial charge in [0, 0.05) is 12.2 Å². The lowest BCUT2D eigenvalue weighted by molar-refractivity contribution is -0.121. The van der Waals surface area contributed by atoms with E-state index in [-0.39, 0.29) is 18.9 Å². The number of imide groups is 1. The second-order valence-electron chi connectivity index (χ2n) is 6.30. The van der Waals surface area contributed by atoms with Gasteiger partial charge in [0.15, 0.2) is 0 Å². The van der Waals surface area contributed by atoms with Gasteiger partial charge in [-0.2, -0.15) is 0 Å². The fourth-order valence-electron chi connectivity index (χ4n) is 2.62. The molecular weight excluding hydrogens is 345 g/mol. The van der Waals surface area contributed by atoms with E-state index >= 15 is 0 Å². The van der Waals surface area contributed by atoms with Crippen molar-refractivity contribution in [2.75, 3.05) is 18.4 Å². The summed E-state index contributed by atoms with van der Waals surface area (Å²) >= 11 is 0. The highest BCUT2D eigenvalue weighted by atomic mass is 19.1. The Bertz CT molecular complexity index is 857. The molecule has 5 nitrogen and oxygen atoms in total. The highest BCUT2D eigenvalue weighted by Gasteiger charge is 2.14. The number of hydrogen-bond donors (Lipinski definition) is 2. The van der Waals surface area contributed by atoms with Crippen LogP contribution >= 0.6 is 0 Å². The van der Waals surface area contributed by atoms with Crippen LogP contribution < -0.4 is 10.6 Å². The van der Waals surface area contributed by atoms with E-state index in [4.69, 9.17) is 6.42 Å². The van der Waals surface area contributed by atoms with Crippen molar-refractivity contribution in [3.63, 3.8) is 0 Å². The van der Waals surface area contributed by atoms with Crippen molar-refractivity contribution >= 4 is 17.6 Å². The molecule has 2 aromatic carbocycles. The second-order valence-corrected chi connectivity index (χ2v) is 6.30. The van der Waals surface area contributed by atoms with Gasteiger partial charge >= 0.3 is 6.03 Å². The normalized spacial score (nSPS) is 10.3. The average Bonchev–Trinajstić information content (AvgIpc) is 2.59. The summed E-state index contributed by atoms with van der Waals surface area (Å²) in [6.45, 7) is 4.38. The van der Waals surface area contributed by atoms with Gasteiger partial charge in [-0.15, -0.1) is 6.42 Å². The number of nitrogens with one attached hydrogen (secondary N) is 2. The molecule has 0 saturated heterocycles.